The van der Waals surface area contributed by atoms with E-state index in [9.17, 15) is 4.79 Å². The molecule has 1 heterocycles. The number of carboxylic acid groups (broad SMARTS) is 1. The summed E-state index contributed by atoms with van der Waals surface area (Å²) in [6.07, 6.45) is 0. The number of carboxylic acids is 1. The minimum absolute atomic E-state index is 0.0469. The highest BCUT2D eigenvalue weighted by Gasteiger charge is 2.11. The zero-order valence-corrected chi connectivity index (χ0v) is 9.15. The maximum absolute atomic E-state index is 10.4. The second kappa shape index (κ2) is 5.47. The van der Waals surface area contributed by atoms with Crippen molar-refractivity contribution in [2.45, 2.75) is 11.8 Å². The van der Waals surface area contributed by atoms with Gasteiger partial charge in [-0.3, -0.25) is 4.79 Å². The lowest BCUT2D eigenvalue weighted by atomic mass is 10.4. The molecule has 0 radical (unpaired) electrons. The molecule has 1 unspecified atom stereocenters. The lowest BCUT2D eigenvalue weighted by Gasteiger charge is -2.05. The summed E-state index contributed by atoms with van der Waals surface area (Å²) in [5.74, 6) is 0.115. The molecular formula is C7H12N6O2S. The average molecular weight is 244 g/mol. The zero-order valence-electron chi connectivity index (χ0n) is 8.33. The van der Waals surface area contributed by atoms with Crippen LogP contribution >= 0.6 is 11.8 Å². The number of hydrogen-bond acceptors (Lipinski definition) is 8. The maximum atomic E-state index is 10.4. The van der Waals surface area contributed by atoms with E-state index in [2.05, 4.69) is 15.0 Å². The molecular weight excluding hydrogens is 232 g/mol. The maximum Gasteiger partial charge on any atom is 0.321 e. The molecule has 0 spiro atoms. The van der Waals surface area contributed by atoms with Crippen molar-refractivity contribution >= 4 is 29.6 Å². The van der Waals surface area contributed by atoms with E-state index < -0.39 is 12.0 Å². The van der Waals surface area contributed by atoms with Gasteiger partial charge in [0.05, 0.1) is 5.75 Å². The van der Waals surface area contributed by atoms with Crippen molar-refractivity contribution in [2.75, 3.05) is 17.2 Å². The molecule has 0 amide bonds. The number of nitrogen functional groups attached to an aromatic ring is 2. The van der Waals surface area contributed by atoms with Gasteiger partial charge in [0.15, 0.2) is 0 Å². The third-order valence-corrected chi connectivity index (χ3v) is 2.62. The Labute approximate surface area is 95.6 Å². The molecule has 0 fully saturated rings. The van der Waals surface area contributed by atoms with E-state index >= 15 is 0 Å². The molecule has 0 aromatic carbocycles. The number of nitrogens with two attached hydrogens (primary N) is 3. The quantitative estimate of drug-likeness (QED) is 0.493. The van der Waals surface area contributed by atoms with Gasteiger partial charge in [0, 0.05) is 5.75 Å². The molecule has 0 saturated carbocycles. The summed E-state index contributed by atoms with van der Waals surface area (Å²) >= 11 is 1.29. The van der Waals surface area contributed by atoms with Crippen molar-refractivity contribution < 1.29 is 9.90 Å². The predicted octanol–water partition coefficient (Wildman–Crippen LogP) is -1.32. The third-order valence-electron chi connectivity index (χ3n) is 1.56. The van der Waals surface area contributed by atoms with E-state index in [-0.39, 0.29) is 17.6 Å². The molecule has 0 bridgehead atoms. The SMILES string of the molecule is Nc1nc(N)nc(CSCC(N)C(=O)O)n1. The van der Waals surface area contributed by atoms with Gasteiger partial charge in [-0.05, 0) is 0 Å². The van der Waals surface area contributed by atoms with Crippen molar-refractivity contribution in [3.05, 3.63) is 5.82 Å². The molecule has 1 rings (SSSR count). The van der Waals surface area contributed by atoms with Crippen LogP contribution in [0.3, 0.4) is 0 Å². The first-order chi connectivity index (χ1) is 7.49. The molecule has 0 aliphatic heterocycles. The first-order valence-electron chi connectivity index (χ1n) is 4.31. The Balaban J connectivity index is 2.46. The fraction of sp³-hybridized carbons (Fsp3) is 0.429. The molecule has 16 heavy (non-hydrogen) atoms. The smallest absolute Gasteiger partial charge is 0.321 e. The first-order valence-corrected chi connectivity index (χ1v) is 5.46. The van der Waals surface area contributed by atoms with Gasteiger partial charge in [-0.15, -0.1) is 0 Å². The van der Waals surface area contributed by atoms with Crippen LogP contribution in [0.5, 0.6) is 0 Å². The van der Waals surface area contributed by atoms with E-state index in [1.165, 1.54) is 11.8 Å². The van der Waals surface area contributed by atoms with E-state index in [0.29, 0.717) is 11.6 Å². The summed E-state index contributed by atoms with van der Waals surface area (Å²) in [7, 11) is 0. The molecule has 8 nitrogen and oxygen atoms in total. The minimum Gasteiger partial charge on any atom is -0.480 e. The number of hydrogen-bond donors (Lipinski definition) is 4. The van der Waals surface area contributed by atoms with Crippen LogP contribution < -0.4 is 17.2 Å². The predicted molar refractivity (Wildman–Crippen MR) is 60.4 cm³/mol. The Kier molecular flexibility index (Phi) is 4.26. The van der Waals surface area contributed by atoms with Gasteiger partial charge < -0.3 is 22.3 Å². The molecule has 1 aromatic heterocycles. The molecule has 7 N–H and O–H groups in total. The van der Waals surface area contributed by atoms with Crippen molar-refractivity contribution in [1.29, 1.82) is 0 Å². The number of carbonyl (C=O) groups is 1. The topological polar surface area (TPSA) is 154 Å². The van der Waals surface area contributed by atoms with Gasteiger partial charge in [0.25, 0.3) is 0 Å². The molecule has 0 aliphatic carbocycles. The summed E-state index contributed by atoms with van der Waals surface area (Å²) < 4.78 is 0. The highest BCUT2D eigenvalue weighted by molar-refractivity contribution is 7.98. The van der Waals surface area contributed by atoms with Crippen molar-refractivity contribution in [3.63, 3.8) is 0 Å². The van der Waals surface area contributed by atoms with Gasteiger partial charge in [0.2, 0.25) is 11.9 Å². The van der Waals surface area contributed by atoms with Crippen LogP contribution in [-0.4, -0.2) is 37.8 Å². The number of aromatic nitrogens is 3. The highest BCUT2D eigenvalue weighted by Crippen LogP contribution is 2.10. The van der Waals surface area contributed by atoms with Crippen LogP contribution in [0.25, 0.3) is 0 Å². The lowest BCUT2D eigenvalue weighted by Crippen LogP contribution is -2.32. The molecule has 88 valence electrons. The normalized spacial score (nSPS) is 12.3. The number of aliphatic carboxylic acids is 1. The van der Waals surface area contributed by atoms with Crippen molar-refractivity contribution in [2.24, 2.45) is 5.73 Å². The van der Waals surface area contributed by atoms with Gasteiger partial charge >= 0.3 is 5.97 Å². The Hall–Kier alpha value is -1.61. The average Bonchev–Trinajstić information content (AvgIpc) is 2.15. The van der Waals surface area contributed by atoms with Crippen LogP contribution in [0.2, 0.25) is 0 Å². The summed E-state index contributed by atoms with van der Waals surface area (Å²) in [6.45, 7) is 0. The molecule has 9 heteroatoms. The third kappa shape index (κ3) is 3.87. The number of nitrogens with zero attached hydrogens (tertiary/aromatic N) is 3. The van der Waals surface area contributed by atoms with Gasteiger partial charge in [0.1, 0.15) is 11.9 Å². The van der Waals surface area contributed by atoms with Crippen molar-refractivity contribution in [1.82, 2.24) is 15.0 Å². The van der Waals surface area contributed by atoms with E-state index in [0.717, 1.165) is 0 Å². The monoisotopic (exact) mass is 244 g/mol. The standard InChI is InChI=1S/C7H12N6O2S/c8-3(5(14)15)1-16-2-4-11-6(9)13-7(10)12-4/h3H,1-2,8H2,(H,14,15)(H4,9,10,11,12,13). The summed E-state index contributed by atoms with van der Waals surface area (Å²) in [5.41, 5.74) is 16.1. The fourth-order valence-electron chi connectivity index (χ4n) is 0.870. The van der Waals surface area contributed by atoms with Gasteiger partial charge in [-0.2, -0.15) is 26.7 Å². The van der Waals surface area contributed by atoms with Crippen LogP contribution in [-0.2, 0) is 10.5 Å². The van der Waals surface area contributed by atoms with Crippen LogP contribution in [0.1, 0.15) is 5.82 Å². The second-order valence-corrected chi connectivity index (χ2v) is 3.96. The Morgan fingerprint density at radius 3 is 2.38 bits per heavy atom. The van der Waals surface area contributed by atoms with Gasteiger partial charge in [-0.1, -0.05) is 0 Å². The Morgan fingerprint density at radius 1 is 1.31 bits per heavy atom. The van der Waals surface area contributed by atoms with Crippen molar-refractivity contribution in [3.8, 4) is 0 Å². The van der Waals surface area contributed by atoms with E-state index in [1.807, 2.05) is 0 Å². The number of thioether (sulfide) groups is 1. The summed E-state index contributed by atoms with van der Waals surface area (Å²) in [4.78, 5) is 21.7. The molecule has 0 aliphatic rings. The van der Waals surface area contributed by atoms with Crippen LogP contribution in [0, 0.1) is 0 Å². The lowest BCUT2D eigenvalue weighted by molar-refractivity contribution is -0.137. The number of anilines is 2. The van der Waals surface area contributed by atoms with Crippen LogP contribution in [0.15, 0.2) is 0 Å². The van der Waals surface area contributed by atoms with Gasteiger partial charge in [-0.25, -0.2) is 0 Å². The summed E-state index contributed by atoms with van der Waals surface area (Å²) in [6, 6.07) is -0.901. The van der Waals surface area contributed by atoms with E-state index in [4.69, 9.17) is 22.3 Å². The first kappa shape index (κ1) is 12.5. The molecule has 1 atom stereocenters. The van der Waals surface area contributed by atoms with Crippen LogP contribution in [0.4, 0.5) is 11.9 Å². The van der Waals surface area contributed by atoms with E-state index in [1.54, 1.807) is 0 Å². The fourth-order valence-corrected chi connectivity index (χ4v) is 1.70. The molecule has 0 saturated heterocycles. The zero-order chi connectivity index (χ0) is 12.1. The highest BCUT2D eigenvalue weighted by atomic mass is 32.2. The molecule has 1 aromatic rings. The number of rotatable bonds is 5. The Bertz CT molecular complexity index is 367. The largest absolute Gasteiger partial charge is 0.480 e. The summed E-state index contributed by atoms with van der Waals surface area (Å²) in [5, 5.41) is 8.55. The minimum atomic E-state index is -1.04. The Morgan fingerprint density at radius 2 is 1.88 bits per heavy atom. The second-order valence-electron chi connectivity index (χ2n) is 2.93.